The highest BCUT2D eigenvalue weighted by atomic mass is 32.2. The van der Waals surface area contributed by atoms with Gasteiger partial charge in [-0.15, -0.1) is 22.7 Å². The van der Waals surface area contributed by atoms with Gasteiger partial charge < -0.3 is 10.1 Å². The van der Waals surface area contributed by atoms with E-state index in [1.807, 2.05) is 5.40 Å². The molecule has 0 spiro atoms. The van der Waals surface area contributed by atoms with E-state index in [9.17, 15) is 19.7 Å². The minimum Gasteiger partial charge on any atom is -0.462 e. The van der Waals surface area contributed by atoms with Crippen LogP contribution in [-0.4, -0.2) is 23.4 Å². The van der Waals surface area contributed by atoms with E-state index in [0.717, 1.165) is 27.8 Å². The summed E-state index contributed by atoms with van der Waals surface area (Å²) in [5, 5.41) is 25.7. The number of carbonyl (C=O) groups excluding carboxylic acids is 2. The van der Waals surface area contributed by atoms with Gasteiger partial charge in [-0.2, -0.15) is 5.26 Å². The second-order valence-electron chi connectivity index (χ2n) is 5.67. The van der Waals surface area contributed by atoms with Gasteiger partial charge in [0.2, 0.25) is 0 Å². The molecule has 1 amide bonds. The molecule has 0 saturated carbocycles. The number of benzene rings is 1. The third-order valence-corrected chi connectivity index (χ3v) is 7.10. The van der Waals surface area contributed by atoms with Gasteiger partial charge in [0.15, 0.2) is 0 Å². The van der Waals surface area contributed by atoms with E-state index in [-0.39, 0.29) is 12.3 Å². The van der Waals surface area contributed by atoms with Crippen LogP contribution < -0.4 is 5.32 Å². The number of hydrogen-bond acceptors (Lipinski definition) is 9. The number of amides is 1. The van der Waals surface area contributed by atoms with Gasteiger partial charge in [0, 0.05) is 22.2 Å². The number of nitrogens with zero attached hydrogens (tertiary/aromatic N) is 2. The third kappa shape index (κ3) is 4.24. The summed E-state index contributed by atoms with van der Waals surface area (Å²) in [5.74, 6) is -0.935. The SMILES string of the molecule is CCOC(=O)c1sc(NC(=O)c2cc3cc([N+](=O)[O-])ccc3s2)c(SC#N)c1C. The van der Waals surface area contributed by atoms with Gasteiger partial charge in [-0.3, -0.25) is 14.9 Å². The van der Waals surface area contributed by atoms with Crippen LogP contribution in [0.25, 0.3) is 10.1 Å². The van der Waals surface area contributed by atoms with Crippen molar-refractivity contribution in [2.45, 2.75) is 18.7 Å². The number of non-ortho nitro benzene ring substituents is 1. The summed E-state index contributed by atoms with van der Waals surface area (Å²) in [6, 6.07) is 5.97. The zero-order chi connectivity index (χ0) is 21.1. The van der Waals surface area contributed by atoms with Crippen molar-refractivity contribution in [1.29, 1.82) is 5.26 Å². The maximum atomic E-state index is 12.7. The molecule has 2 heterocycles. The first kappa shape index (κ1) is 20.8. The molecule has 0 aliphatic carbocycles. The molecule has 0 saturated heterocycles. The molecule has 1 aromatic carbocycles. The molecule has 0 atom stereocenters. The van der Waals surface area contributed by atoms with Crippen LogP contribution in [0.15, 0.2) is 29.2 Å². The number of thiocyanates is 1. The number of nitriles is 1. The van der Waals surface area contributed by atoms with Crippen LogP contribution in [0.4, 0.5) is 10.7 Å². The first-order valence-corrected chi connectivity index (χ1v) is 10.7. The normalized spacial score (nSPS) is 10.5. The van der Waals surface area contributed by atoms with Crippen molar-refractivity contribution in [3.63, 3.8) is 0 Å². The second-order valence-corrected chi connectivity index (χ2v) is 8.57. The quantitative estimate of drug-likeness (QED) is 0.181. The highest BCUT2D eigenvalue weighted by Crippen LogP contribution is 2.40. The molecule has 0 radical (unpaired) electrons. The van der Waals surface area contributed by atoms with Crippen LogP contribution in [-0.2, 0) is 4.74 Å². The lowest BCUT2D eigenvalue weighted by molar-refractivity contribution is -0.384. The lowest BCUT2D eigenvalue weighted by atomic mass is 10.2. The molecule has 29 heavy (non-hydrogen) atoms. The topological polar surface area (TPSA) is 122 Å². The number of rotatable bonds is 6. The predicted molar refractivity (Wildman–Crippen MR) is 113 cm³/mol. The molecule has 0 aliphatic rings. The van der Waals surface area contributed by atoms with Crippen LogP contribution in [0.3, 0.4) is 0 Å². The molecule has 11 heteroatoms. The summed E-state index contributed by atoms with van der Waals surface area (Å²) in [7, 11) is 0. The Morgan fingerprint density at radius 2 is 2.10 bits per heavy atom. The summed E-state index contributed by atoms with van der Waals surface area (Å²) in [5.41, 5.74) is 0.519. The van der Waals surface area contributed by atoms with Gasteiger partial charge in [-0.1, -0.05) is 0 Å². The monoisotopic (exact) mass is 447 g/mol. The highest BCUT2D eigenvalue weighted by molar-refractivity contribution is 8.04. The van der Waals surface area contributed by atoms with E-state index >= 15 is 0 Å². The van der Waals surface area contributed by atoms with E-state index in [2.05, 4.69) is 5.32 Å². The number of esters is 1. The van der Waals surface area contributed by atoms with Gasteiger partial charge in [0.05, 0.1) is 21.3 Å². The first-order chi connectivity index (χ1) is 13.8. The van der Waals surface area contributed by atoms with E-state index in [1.165, 1.54) is 23.5 Å². The Labute approximate surface area is 177 Å². The van der Waals surface area contributed by atoms with Crippen LogP contribution in [0.1, 0.15) is 31.8 Å². The lowest BCUT2D eigenvalue weighted by Gasteiger charge is -2.02. The fourth-order valence-electron chi connectivity index (χ4n) is 2.56. The Morgan fingerprint density at radius 1 is 1.34 bits per heavy atom. The fourth-order valence-corrected chi connectivity index (χ4v) is 5.30. The number of nitro benzene ring substituents is 1. The molecule has 0 aliphatic heterocycles. The Bertz CT molecular complexity index is 1180. The van der Waals surface area contributed by atoms with Crippen molar-refractivity contribution in [1.82, 2.24) is 0 Å². The zero-order valence-electron chi connectivity index (χ0n) is 15.2. The van der Waals surface area contributed by atoms with Crippen molar-refractivity contribution in [2.24, 2.45) is 0 Å². The Kier molecular flexibility index (Phi) is 6.17. The Balaban J connectivity index is 1.93. The molecule has 0 fully saturated rings. The summed E-state index contributed by atoms with van der Waals surface area (Å²) < 4.78 is 5.77. The van der Waals surface area contributed by atoms with E-state index in [1.54, 1.807) is 26.0 Å². The average molecular weight is 448 g/mol. The molecule has 2 aromatic heterocycles. The Morgan fingerprint density at radius 3 is 2.76 bits per heavy atom. The number of anilines is 1. The largest absolute Gasteiger partial charge is 0.462 e. The van der Waals surface area contributed by atoms with Crippen molar-refractivity contribution >= 4 is 67.1 Å². The number of hydrogen-bond donors (Lipinski definition) is 1. The van der Waals surface area contributed by atoms with E-state index < -0.39 is 16.8 Å². The molecule has 8 nitrogen and oxygen atoms in total. The van der Waals surface area contributed by atoms with Crippen molar-refractivity contribution < 1.29 is 19.2 Å². The summed E-state index contributed by atoms with van der Waals surface area (Å²) in [6.45, 7) is 3.60. The summed E-state index contributed by atoms with van der Waals surface area (Å²) in [4.78, 5) is 36.5. The molecule has 0 bridgehead atoms. The van der Waals surface area contributed by atoms with Crippen LogP contribution in [0, 0.1) is 27.7 Å². The van der Waals surface area contributed by atoms with E-state index in [4.69, 9.17) is 10.00 Å². The molecule has 3 rings (SSSR count). The smallest absolute Gasteiger partial charge is 0.348 e. The highest BCUT2D eigenvalue weighted by Gasteiger charge is 2.23. The maximum Gasteiger partial charge on any atom is 0.348 e. The number of ether oxygens (including phenoxy) is 1. The maximum absolute atomic E-state index is 12.7. The van der Waals surface area contributed by atoms with Crippen molar-refractivity contribution in [3.8, 4) is 5.40 Å². The van der Waals surface area contributed by atoms with Crippen molar-refractivity contribution in [2.75, 3.05) is 11.9 Å². The minimum atomic E-state index is -0.510. The van der Waals surface area contributed by atoms with E-state index in [0.29, 0.717) is 30.6 Å². The predicted octanol–water partition coefficient (Wildman–Crippen LogP) is 5.18. The van der Waals surface area contributed by atoms with Gasteiger partial charge in [-0.05, 0) is 43.3 Å². The van der Waals surface area contributed by atoms with Gasteiger partial charge in [0.1, 0.15) is 15.3 Å². The zero-order valence-corrected chi connectivity index (χ0v) is 17.6. The second kappa shape index (κ2) is 8.60. The summed E-state index contributed by atoms with van der Waals surface area (Å²) in [6.07, 6.45) is 0. The lowest BCUT2D eigenvalue weighted by Crippen LogP contribution is -2.09. The molecular formula is C18H13N3O5S3. The van der Waals surface area contributed by atoms with Crippen LogP contribution in [0.5, 0.6) is 0 Å². The van der Waals surface area contributed by atoms with Gasteiger partial charge >= 0.3 is 5.97 Å². The average Bonchev–Trinajstić information content (AvgIpc) is 3.24. The number of carbonyl (C=O) groups is 2. The van der Waals surface area contributed by atoms with Gasteiger partial charge in [-0.25, -0.2) is 4.79 Å². The number of thioether (sulfide) groups is 1. The summed E-state index contributed by atoms with van der Waals surface area (Å²) >= 11 is 3.10. The van der Waals surface area contributed by atoms with Gasteiger partial charge in [0.25, 0.3) is 11.6 Å². The number of thiophene rings is 2. The number of nitrogens with one attached hydrogen (secondary N) is 1. The van der Waals surface area contributed by atoms with Crippen LogP contribution in [0.2, 0.25) is 0 Å². The molecule has 3 aromatic rings. The molecule has 148 valence electrons. The molecule has 0 unspecified atom stereocenters. The number of fused-ring (bicyclic) bond motifs is 1. The minimum absolute atomic E-state index is 0.0528. The number of nitro groups is 1. The van der Waals surface area contributed by atoms with Crippen molar-refractivity contribution in [3.05, 3.63) is 49.7 Å². The first-order valence-electron chi connectivity index (χ1n) is 8.21. The Hall–Kier alpha value is -2.94. The van der Waals surface area contributed by atoms with Crippen LogP contribution >= 0.6 is 34.4 Å². The standard InChI is InChI=1S/C18H13N3O5S3/c1-3-26-18(23)15-9(2)14(27-8-19)17(29-15)20-16(22)13-7-10-6-11(21(24)25)4-5-12(10)28-13/h4-7H,3H2,1-2H3,(H,20,22). The third-order valence-electron chi connectivity index (χ3n) is 3.86. The molecular weight excluding hydrogens is 434 g/mol. The molecule has 1 N–H and O–H groups in total. The fraction of sp³-hybridized carbons (Fsp3) is 0.167.